The van der Waals surface area contributed by atoms with E-state index in [1.54, 1.807) is 0 Å². The summed E-state index contributed by atoms with van der Waals surface area (Å²) < 4.78 is 0. The average molecular weight is 293 g/mol. The Morgan fingerprint density at radius 2 is 1.65 bits per heavy atom. The quantitative estimate of drug-likeness (QED) is 0.312. The molecule has 10 nitrogen and oxygen atoms in total. The number of aromatic hydroxyl groups is 1. The number of nitro benzene ring substituents is 2. The van der Waals surface area contributed by atoms with Gasteiger partial charge in [-0.3, -0.25) is 20.2 Å². The van der Waals surface area contributed by atoms with Crippen LogP contribution in [-0.2, 0) is 11.2 Å². The molecule has 1 atom stereocenters. The van der Waals surface area contributed by atoms with Crippen LogP contribution in [0.5, 0.6) is 5.75 Å². The van der Waals surface area contributed by atoms with Gasteiger partial charge in [-0.15, -0.1) is 0 Å². The normalized spacial score (nSPS) is 11.2. The molecule has 1 aromatic carbocycles. The van der Waals surface area contributed by atoms with Crippen LogP contribution in [0.3, 0.4) is 0 Å². The SMILES string of the molecule is N[C@@H](Cc1cc([N+](=O)[O-])c(O)c([N+](=O)[O-])c1)C(=O)[O-].[Na+]. The van der Waals surface area contributed by atoms with E-state index in [-0.39, 0.29) is 35.1 Å². The molecule has 1 rings (SSSR count). The minimum Gasteiger partial charge on any atom is -0.548 e. The maximum Gasteiger partial charge on any atom is 1.00 e. The summed E-state index contributed by atoms with van der Waals surface area (Å²) in [6, 6.07) is 0.180. The Labute approximate surface area is 133 Å². The third kappa shape index (κ3) is 4.13. The molecule has 0 aromatic heterocycles. The van der Waals surface area contributed by atoms with Gasteiger partial charge in [-0.1, -0.05) is 0 Å². The zero-order valence-electron chi connectivity index (χ0n) is 10.3. The van der Waals surface area contributed by atoms with Gasteiger partial charge in [0.15, 0.2) is 0 Å². The Hall–Kier alpha value is -1.75. The Morgan fingerprint density at radius 3 is 1.95 bits per heavy atom. The zero-order valence-corrected chi connectivity index (χ0v) is 12.3. The van der Waals surface area contributed by atoms with Gasteiger partial charge in [-0.2, -0.15) is 0 Å². The van der Waals surface area contributed by atoms with Crippen LogP contribution < -0.4 is 40.4 Å². The maximum atomic E-state index is 10.6. The first-order valence-electron chi connectivity index (χ1n) is 4.85. The van der Waals surface area contributed by atoms with Gasteiger partial charge in [-0.05, 0) is 12.0 Å². The minimum absolute atomic E-state index is 0. The van der Waals surface area contributed by atoms with E-state index in [0.29, 0.717) is 0 Å². The van der Waals surface area contributed by atoms with Gasteiger partial charge in [0.25, 0.3) is 5.75 Å². The van der Waals surface area contributed by atoms with Crippen molar-refractivity contribution < 1.29 is 54.4 Å². The molecule has 0 aliphatic carbocycles. The molecule has 0 unspecified atom stereocenters. The fourth-order valence-electron chi connectivity index (χ4n) is 1.39. The van der Waals surface area contributed by atoms with Gasteiger partial charge in [0.1, 0.15) is 0 Å². The molecule has 0 heterocycles. The van der Waals surface area contributed by atoms with E-state index in [9.17, 15) is 35.2 Å². The molecular formula is C9H8N3NaO7. The summed E-state index contributed by atoms with van der Waals surface area (Å²) >= 11 is 0. The van der Waals surface area contributed by atoms with Gasteiger partial charge >= 0.3 is 40.9 Å². The smallest absolute Gasteiger partial charge is 0.548 e. The molecule has 0 saturated heterocycles. The van der Waals surface area contributed by atoms with Crippen molar-refractivity contribution in [2.24, 2.45) is 5.73 Å². The predicted octanol–water partition coefficient (Wildman–Crippen LogP) is -4.17. The monoisotopic (exact) mass is 293 g/mol. The minimum atomic E-state index is -1.60. The van der Waals surface area contributed by atoms with Crippen LogP contribution in [0.15, 0.2) is 12.1 Å². The van der Waals surface area contributed by atoms with Gasteiger partial charge in [0, 0.05) is 18.2 Å². The number of nitrogens with two attached hydrogens (primary N) is 1. The largest absolute Gasteiger partial charge is 1.00 e. The number of phenols is 1. The van der Waals surface area contributed by atoms with Crippen molar-refractivity contribution in [1.29, 1.82) is 0 Å². The Balaban J connectivity index is 0.00000361. The van der Waals surface area contributed by atoms with Crippen LogP contribution in [0, 0.1) is 20.2 Å². The van der Waals surface area contributed by atoms with E-state index >= 15 is 0 Å². The standard InChI is InChI=1S/C9H9N3O7.Na/c10-5(9(14)15)1-4-2-6(11(16)17)8(13)7(3-4)12(18)19;/h2-3,5,13H,1,10H2,(H,14,15);/q;+1/p-1/t5-;/m0./s1. The van der Waals surface area contributed by atoms with Crippen LogP contribution in [0.25, 0.3) is 0 Å². The van der Waals surface area contributed by atoms with Gasteiger partial charge in [0.2, 0.25) is 0 Å². The second-order valence-electron chi connectivity index (χ2n) is 3.63. The number of hydrogen-bond acceptors (Lipinski definition) is 8. The van der Waals surface area contributed by atoms with E-state index in [1.807, 2.05) is 0 Å². The number of phenolic OH excluding ortho intramolecular Hbond substituents is 1. The number of aliphatic carboxylic acids is 1. The summed E-state index contributed by atoms with van der Waals surface area (Å²) in [5, 5.41) is 41.1. The molecule has 0 fully saturated rings. The summed E-state index contributed by atoms with van der Waals surface area (Å²) in [6.45, 7) is 0. The number of carboxylic acid groups (broad SMARTS) is 1. The number of rotatable bonds is 5. The third-order valence-electron chi connectivity index (χ3n) is 2.28. The summed E-state index contributed by atoms with van der Waals surface area (Å²) in [4.78, 5) is 29.7. The van der Waals surface area contributed by atoms with Gasteiger partial charge in [0.05, 0.1) is 15.8 Å². The van der Waals surface area contributed by atoms with Crippen molar-refractivity contribution in [1.82, 2.24) is 0 Å². The first-order chi connectivity index (χ1) is 8.73. The van der Waals surface area contributed by atoms with Crippen molar-refractivity contribution in [3.05, 3.63) is 37.9 Å². The number of carboxylic acids is 1. The van der Waals surface area contributed by atoms with E-state index in [1.165, 1.54) is 0 Å². The van der Waals surface area contributed by atoms with Gasteiger partial charge < -0.3 is 20.7 Å². The molecule has 1 aromatic rings. The van der Waals surface area contributed by atoms with Gasteiger partial charge in [-0.25, -0.2) is 0 Å². The molecular weight excluding hydrogens is 285 g/mol. The Morgan fingerprint density at radius 1 is 1.25 bits per heavy atom. The number of carbonyl (C=O) groups is 1. The van der Waals surface area contributed by atoms with Crippen molar-refractivity contribution >= 4 is 17.3 Å². The van der Waals surface area contributed by atoms with E-state index < -0.39 is 45.4 Å². The summed E-state index contributed by atoms with van der Waals surface area (Å²) in [6.07, 6.45) is -0.399. The molecule has 0 amide bonds. The van der Waals surface area contributed by atoms with Crippen LogP contribution in [-0.4, -0.2) is 27.0 Å². The predicted molar refractivity (Wildman–Crippen MR) is 58.1 cm³/mol. The van der Waals surface area contributed by atoms with Crippen molar-refractivity contribution in [3.8, 4) is 5.75 Å². The van der Waals surface area contributed by atoms with Crippen molar-refractivity contribution in [3.63, 3.8) is 0 Å². The molecule has 3 N–H and O–H groups in total. The van der Waals surface area contributed by atoms with Crippen LogP contribution in [0.2, 0.25) is 0 Å². The second kappa shape index (κ2) is 7.14. The number of nitrogens with zero attached hydrogens (tertiary/aromatic N) is 2. The molecule has 11 heteroatoms. The first kappa shape index (κ1) is 18.2. The molecule has 0 bridgehead atoms. The number of hydrogen-bond donors (Lipinski definition) is 2. The van der Waals surface area contributed by atoms with Crippen molar-refractivity contribution in [2.75, 3.05) is 0 Å². The fraction of sp³-hybridized carbons (Fsp3) is 0.222. The molecule has 102 valence electrons. The van der Waals surface area contributed by atoms with E-state index in [2.05, 4.69) is 0 Å². The summed E-state index contributed by atoms with van der Waals surface area (Å²) in [7, 11) is 0. The molecule has 0 saturated carbocycles. The van der Waals surface area contributed by atoms with Crippen LogP contribution in [0.4, 0.5) is 11.4 Å². The zero-order chi connectivity index (χ0) is 14.7. The second-order valence-corrected chi connectivity index (χ2v) is 3.63. The Bertz CT molecular complexity index is 527. The maximum absolute atomic E-state index is 10.6. The molecule has 0 aliphatic rings. The number of benzene rings is 1. The summed E-state index contributed by atoms with van der Waals surface area (Å²) in [5.74, 6) is -2.70. The third-order valence-corrected chi connectivity index (χ3v) is 2.28. The van der Waals surface area contributed by atoms with Crippen LogP contribution in [0.1, 0.15) is 5.56 Å². The fourth-order valence-corrected chi connectivity index (χ4v) is 1.39. The Kier molecular flexibility index (Phi) is 6.52. The van der Waals surface area contributed by atoms with Crippen molar-refractivity contribution in [2.45, 2.75) is 12.5 Å². The first-order valence-corrected chi connectivity index (χ1v) is 4.85. The van der Waals surface area contributed by atoms with Crippen LogP contribution >= 0.6 is 0 Å². The summed E-state index contributed by atoms with van der Waals surface area (Å²) in [5.41, 5.74) is 3.33. The average Bonchev–Trinajstić information content (AvgIpc) is 2.30. The topological polar surface area (TPSA) is 173 Å². The molecule has 0 spiro atoms. The molecule has 20 heavy (non-hydrogen) atoms. The van der Waals surface area contributed by atoms with E-state index in [4.69, 9.17) is 5.73 Å². The van der Waals surface area contributed by atoms with E-state index in [0.717, 1.165) is 12.1 Å². The molecule has 0 aliphatic heterocycles. The number of carbonyl (C=O) groups excluding carboxylic acids is 1. The number of nitro groups is 2. The molecule has 0 radical (unpaired) electrons.